The Morgan fingerprint density at radius 2 is 1.96 bits per heavy atom. The number of anilines is 1. The van der Waals surface area contributed by atoms with Crippen LogP contribution in [0.25, 0.3) is 0 Å². The van der Waals surface area contributed by atoms with Gasteiger partial charge in [-0.15, -0.1) is 0 Å². The lowest BCUT2D eigenvalue weighted by Gasteiger charge is -2.20. The Morgan fingerprint density at radius 3 is 2.57 bits per heavy atom. The van der Waals surface area contributed by atoms with Gasteiger partial charge in [-0.2, -0.15) is 11.3 Å². The third-order valence-electron chi connectivity index (χ3n) is 3.10. The van der Waals surface area contributed by atoms with E-state index in [0.717, 1.165) is 11.1 Å². The molecular formula is C18H21NO3S. The van der Waals surface area contributed by atoms with E-state index in [-0.39, 0.29) is 12.2 Å². The molecule has 122 valence electrons. The topological polar surface area (TPSA) is 55.4 Å². The second-order valence-electron chi connectivity index (χ2n) is 6.40. The van der Waals surface area contributed by atoms with Crippen molar-refractivity contribution in [1.82, 2.24) is 0 Å². The van der Waals surface area contributed by atoms with Crippen LogP contribution in [0.1, 0.15) is 42.3 Å². The molecule has 0 saturated heterocycles. The number of rotatable bonds is 4. The lowest BCUT2D eigenvalue weighted by atomic mass is 10.0. The number of carbonyl (C=O) groups is 2. The SMILES string of the molecule is Cc1ccc(CC(=O)c2ccsc2)c(NC(=O)OC(C)(C)C)c1. The number of benzene rings is 1. The van der Waals surface area contributed by atoms with Gasteiger partial charge in [-0.3, -0.25) is 10.1 Å². The Balaban J connectivity index is 2.17. The summed E-state index contributed by atoms with van der Waals surface area (Å²) < 4.78 is 5.28. The van der Waals surface area contributed by atoms with Crippen LogP contribution in [-0.4, -0.2) is 17.5 Å². The van der Waals surface area contributed by atoms with E-state index < -0.39 is 11.7 Å². The molecule has 0 aliphatic carbocycles. The summed E-state index contributed by atoms with van der Waals surface area (Å²) in [6.45, 7) is 7.36. The average molecular weight is 331 g/mol. The van der Waals surface area contributed by atoms with Gasteiger partial charge in [0, 0.05) is 23.1 Å². The van der Waals surface area contributed by atoms with Crippen LogP contribution in [-0.2, 0) is 11.2 Å². The van der Waals surface area contributed by atoms with Gasteiger partial charge < -0.3 is 4.74 Å². The number of amides is 1. The number of carbonyl (C=O) groups excluding carboxylic acids is 2. The van der Waals surface area contributed by atoms with Gasteiger partial charge >= 0.3 is 6.09 Å². The van der Waals surface area contributed by atoms with Crippen molar-refractivity contribution in [2.24, 2.45) is 0 Å². The predicted octanol–water partition coefficient (Wildman–Crippen LogP) is 4.83. The average Bonchev–Trinajstić information content (AvgIpc) is 2.93. The lowest BCUT2D eigenvalue weighted by molar-refractivity contribution is 0.0635. The quantitative estimate of drug-likeness (QED) is 0.817. The molecule has 1 heterocycles. The number of aryl methyl sites for hydroxylation is 1. The van der Waals surface area contributed by atoms with Crippen LogP contribution >= 0.6 is 11.3 Å². The Hall–Kier alpha value is -2.14. The van der Waals surface area contributed by atoms with E-state index in [1.165, 1.54) is 11.3 Å². The number of Topliss-reactive ketones (excluding diaryl/α,β-unsaturated/α-hetero) is 1. The molecule has 0 radical (unpaired) electrons. The van der Waals surface area contributed by atoms with Crippen molar-refractivity contribution in [3.63, 3.8) is 0 Å². The number of ketones is 1. The summed E-state index contributed by atoms with van der Waals surface area (Å²) in [4.78, 5) is 24.3. The van der Waals surface area contributed by atoms with E-state index in [9.17, 15) is 9.59 Å². The van der Waals surface area contributed by atoms with Gasteiger partial charge in [0.15, 0.2) is 5.78 Å². The second-order valence-corrected chi connectivity index (χ2v) is 7.18. The van der Waals surface area contributed by atoms with E-state index in [0.29, 0.717) is 11.3 Å². The van der Waals surface area contributed by atoms with Crippen molar-refractivity contribution in [2.45, 2.75) is 39.7 Å². The number of nitrogens with one attached hydrogen (secondary N) is 1. The fraction of sp³-hybridized carbons (Fsp3) is 0.333. The summed E-state index contributed by atoms with van der Waals surface area (Å²) in [5.74, 6) is 0.0299. The molecule has 0 saturated carbocycles. The van der Waals surface area contributed by atoms with E-state index in [2.05, 4.69) is 5.32 Å². The van der Waals surface area contributed by atoms with Crippen LogP contribution in [0.5, 0.6) is 0 Å². The Bertz CT molecular complexity index is 700. The van der Waals surface area contributed by atoms with E-state index >= 15 is 0 Å². The summed E-state index contributed by atoms with van der Waals surface area (Å²) >= 11 is 1.49. The molecule has 4 nitrogen and oxygen atoms in total. The Labute approximate surface area is 140 Å². The van der Waals surface area contributed by atoms with Crippen LogP contribution < -0.4 is 5.32 Å². The number of thiophene rings is 1. The normalized spacial score (nSPS) is 11.1. The molecule has 1 amide bonds. The molecular weight excluding hydrogens is 310 g/mol. The highest BCUT2D eigenvalue weighted by atomic mass is 32.1. The highest BCUT2D eigenvalue weighted by Crippen LogP contribution is 2.21. The first kappa shape index (κ1) is 17.2. The van der Waals surface area contributed by atoms with Crippen molar-refractivity contribution in [3.8, 4) is 0 Å². The minimum atomic E-state index is -0.569. The molecule has 0 fully saturated rings. The van der Waals surface area contributed by atoms with Crippen molar-refractivity contribution in [3.05, 3.63) is 51.7 Å². The lowest BCUT2D eigenvalue weighted by Crippen LogP contribution is -2.27. The fourth-order valence-electron chi connectivity index (χ4n) is 2.07. The summed E-state index contributed by atoms with van der Waals surface area (Å²) in [6, 6.07) is 7.45. The maximum Gasteiger partial charge on any atom is 0.412 e. The summed E-state index contributed by atoms with van der Waals surface area (Å²) in [5.41, 5.74) is 2.52. The first-order valence-corrected chi connectivity index (χ1v) is 8.34. The molecule has 2 rings (SSSR count). The zero-order chi connectivity index (χ0) is 17.0. The first-order chi connectivity index (χ1) is 10.7. The van der Waals surface area contributed by atoms with Gasteiger partial charge in [-0.25, -0.2) is 4.79 Å². The van der Waals surface area contributed by atoms with Crippen LogP contribution in [0, 0.1) is 6.92 Å². The van der Waals surface area contributed by atoms with E-state index in [1.807, 2.05) is 62.7 Å². The summed E-state index contributed by atoms with van der Waals surface area (Å²) in [7, 11) is 0. The third kappa shape index (κ3) is 5.21. The van der Waals surface area contributed by atoms with Crippen molar-refractivity contribution in [1.29, 1.82) is 0 Å². The third-order valence-corrected chi connectivity index (χ3v) is 3.78. The first-order valence-electron chi connectivity index (χ1n) is 7.39. The standard InChI is InChI=1S/C18H21NO3S/c1-12-5-6-13(10-16(20)14-7-8-23-11-14)15(9-12)19-17(21)22-18(2,3)4/h5-9,11H,10H2,1-4H3,(H,19,21). The maximum atomic E-state index is 12.3. The molecule has 1 N–H and O–H groups in total. The number of hydrogen-bond acceptors (Lipinski definition) is 4. The molecule has 0 atom stereocenters. The molecule has 1 aromatic heterocycles. The molecule has 0 aliphatic heterocycles. The molecule has 0 bridgehead atoms. The molecule has 5 heteroatoms. The maximum absolute atomic E-state index is 12.3. The summed E-state index contributed by atoms with van der Waals surface area (Å²) in [6.07, 6.45) is -0.283. The summed E-state index contributed by atoms with van der Waals surface area (Å²) in [5, 5.41) is 6.46. The van der Waals surface area contributed by atoms with Gasteiger partial charge in [0.2, 0.25) is 0 Å². The highest BCUT2D eigenvalue weighted by Gasteiger charge is 2.18. The highest BCUT2D eigenvalue weighted by molar-refractivity contribution is 7.08. The smallest absolute Gasteiger partial charge is 0.412 e. The van der Waals surface area contributed by atoms with Gasteiger partial charge in [0.25, 0.3) is 0 Å². The largest absolute Gasteiger partial charge is 0.444 e. The van der Waals surface area contributed by atoms with Crippen molar-refractivity contribution in [2.75, 3.05) is 5.32 Å². The molecule has 2 aromatic rings. The Kier molecular flexibility index (Phi) is 5.21. The molecule has 0 aliphatic rings. The van der Waals surface area contributed by atoms with Gasteiger partial charge in [0.05, 0.1) is 0 Å². The minimum Gasteiger partial charge on any atom is -0.444 e. The zero-order valence-corrected chi connectivity index (χ0v) is 14.6. The van der Waals surface area contributed by atoms with Crippen LogP contribution in [0.2, 0.25) is 0 Å². The molecule has 23 heavy (non-hydrogen) atoms. The minimum absolute atomic E-state index is 0.0299. The monoisotopic (exact) mass is 331 g/mol. The van der Waals surface area contributed by atoms with Crippen LogP contribution in [0.3, 0.4) is 0 Å². The fourth-order valence-corrected chi connectivity index (χ4v) is 2.73. The van der Waals surface area contributed by atoms with Crippen LogP contribution in [0.15, 0.2) is 35.0 Å². The zero-order valence-electron chi connectivity index (χ0n) is 13.8. The van der Waals surface area contributed by atoms with E-state index in [1.54, 1.807) is 0 Å². The van der Waals surface area contributed by atoms with Crippen molar-refractivity contribution >= 4 is 28.9 Å². The van der Waals surface area contributed by atoms with Crippen molar-refractivity contribution < 1.29 is 14.3 Å². The van der Waals surface area contributed by atoms with E-state index in [4.69, 9.17) is 4.74 Å². The number of ether oxygens (including phenoxy) is 1. The Morgan fingerprint density at radius 1 is 1.22 bits per heavy atom. The molecule has 1 aromatic carbocycles. The second kappa shape index (κ2) is 6.96. The molecule has 0 unspecified atom stereocenters. The van der Waals surface area contributed by atoms with Gasteiger partial charge in [-0.05, 0) is 56.3 Å². The van der Waals surface area contributed by atoms with Gasteiger partial charge in [-0.1, -0.05) is 12.1 Å². The molecule has 0 spiro atoms. The number of hydrogen-bond donors (Lipinski definition) is 1. The predicted molar refractivity (Wildman–Crippen MR) is 93.4 cm³/mol. The van der Waals surface area contributed by atoms with Crippen LogP contribution in [0.4, 0.5) is 10.5 Å². The van der Waals surface area contributed by atoms with Gasteiger partial charge in [0.1, 0.15) is 5.60 Å².